The van der Waals surface area contributed by atoms with Crippen LogP contribution in [0.4, 0.5) is 0 Å². The molecule has 1 aromatic carbocycles. The van der Waals surface area contributed by atoms with Gasteiger partial charge in [0.05, 0.1) is 11.0 Å². The molecule has 4 heteroatoms. The molecule has 3 nitrogen and oxygen atoms in total. The van der Waals surface area contributed by atoms with Gasteiger partial charge in [-0.2, -0.15) is 0 Å². The molecule has 0 saturated carbocycles. The third kappa shape index (κ3) is 3.46. The summed E-state index contributed by atoms with van der Waals surface area (Å²) in [5, 5.41) is 4.84. The molecule has 1 N–H and O–H groups in total. The van der Waals surface area contributed by atoms with Gasteiger partial charge in [-0.05, 0) is 36.7 Å². The number of nitrogens with zero attached hydrogens (tertiary/aromatic N) is 2. The zero-order valence-corrected chi connectivity index (χ0v) is 12.9. The molecular formula is C17H19N3S. The molecule has 0 aliphatic heterocycles. The predicted molar refractivity (Wildman–Crippen MR) is 88.6 cm³/mol. The van der Waals surface area contributed by atoms with Gasteiger partial charge in [-0.25, -0.2) is 0 Å². The molecule has 21 heavy (non-hydrogen) atoms. The van der Waals surface area contributed by atoms with E-state index in [0.29, 0.717) is 6.04 Å². The molecule has 1 unspecified atom stereocenters. The Balaban J connectivity index is 1.89. The first-order valence-corrected chi connectivity index (χ1v) is 8.20. The lowest BCUT2D eigenvalue weighted by molar-refractivity contribution is 0.532. The second-order valence-corrected chi connectivity index (χ2v) is 6.11. The van der Waals surface area contributed by atoms with Crippen LogP contribution >= 0.6 is 11.3 Å². The van der Waals surface area contributed by atoms with Gasteiger partial charge in [0, 0.05) is 35.1 Å². The smallest absolute Gasteiger partial charge is 0.0794 e. The Morgan fingerprint density at radius 1 is 1.29 bits per heavy atom. The molecule has 0 spiro atoms. The van der Waals surface area contributed by atoms with Crippen molar-refractivity contribution in [3.05, 3.63) is 58.7 Å². The first kappa shape index (κ1) is 14.2. The molecule has 0 radical (unpaired) electrons. The maximum Gasteiger partial charge on any atom is 0.0794 e. The summed E-state index contributed by atoms with van der Waals surface area (Å²) in [6.45, 7) is 3.22. The maximum atomic E-state index is 4.39. The minimum atomic E-state index is 0.329. The molecule has 3 aromatic rings. The quantitative estimate of drug-likeness (QED) is 0.748. The first-order valence-electron chi connectivity index (χ1n) is 7.32. The molecule has 2 aromatic heterocycles. The topological polar surface area (TPSA) is 37.8 Å². The molecule has 0 bridgehead atoms. The van der Waals surface area contributed by atoms with Crippen molar-refractivity contribution in [2.75, 3.05) is 6.54 Å². The Hall–Kier alpha value is -1.78. The molecular weight excluding hydrogens is 278 g/mol. The van der Waals surface area contributed by atoms with Gasteiger partial charge in [0.1, 0.15) is 0 Å². The van der Waals surface area contributed by atoms with Crippen molar-refractivity contribution in [2.45, 2.75) is 25.8 Å². The Morgan fingerprint density at radius 2 is 2.24 bits per heavy atom. The van der Waals surface area contributed by atoms with E-state index >= 15 is 0 Å². The third-order valence-corrected chi connectivity index (χ3v) is 4.36. The molecule has 3 rings (SSSR count). The van der Waals surface area contributed by atoms with Gasteiger partial charge >= 0.3 is 0 Å². The number of fused-ring (bicyclic) bond motifs is 1. The highest BCUT2D eigenvalue weighted by Gasteiger charge is 2.13. The van der Waals surface area contributed by atoms with Gasteiger partial charge in [0.2, 0.25) is 0 Å². The highest BCUT2D eigenvalue weighted by Crippen LogP contribution is 2.23. The van der Waals surface area contributed by atoms with E-state index in [9.17, 15) is 0 Å². The van der Waals surface area contributed by atoms with Crippen molar-refractivity contribution in [3.8, 4) is 0 Å². The van der Waals surface area contributed by atoms with Crippen LogP contribution in [0.3, 0.4) is 0 Å². The number of aromatic nitrogens is 2. The number of hydrogen-bond donors (Lipinski definition) is 1. The van der Waals surface area contributed by atoms with Crippen LogP contribution in [0.25, 0.3) is 10.9 Å². The zero-order chi connectivity index (χ0) is 14.5. The lowest BCUT2D eigenvalue weighted by atomic mass is 10.0. The summed E-state index contributed by atoms with van der Waals surface area (Å²) in [5.41, 5.74) is 4.27. The monoisotopic (exact) mass is 297 g/mol. The van der Waals surface area contributed by atoms with Crippen molar-refractivity contribution in [1.82, 2.24) is 15.3 Å². The van der Waals surface area contributed by atoms with Crippen LogP contribution in [-0.2, 0) is 6.42 Å². The zero-order valence-electron chi connectivity index (χ0n) is 12.1. The van der Waals surface area contributed by atoms with Crippen LogP contribution < -0.4 is 5.32 Å². The second-order valence-electron chi connectivity index (χ2n) is 5.13. The van der Waals surface area contributed by atoms with Crippen molar-refractivity contribution < 1.29 is 0 Å². The number of hydrogen-bond acceptors (Lipinski definition) is 4. The number of pyridine rings is 1. The van der Waals surface area contributed by atoms with Gasteiger partial charge in [-0.3, -0.25) is 9.97 Å². The van der Waals surface area contributed by atoms with Crippen LogP contribution in [0, 0.1) is 0 Å². The van der Waals surface area contributed by atoms with Gasteiger partial charge in [-0.15, -0.1) is 11.3 Å². The highest BCUT2D eigenvalue weighted by atomic mass is 32.1. The van der Waals surface area contributed by atoms with Gasteiger partial charge in [-0.1, -0.05) is 19.1 Å². The summed E-state index contributed by atoms with van der Waals surface area (Å²) < 4.78 is 0. The Bertz CT molecular complexity index is 694. The Kier molecular flexibility index (Phi) is 4.58. The Labute approximate surface area is 129 Å². The predicted octanol–water partition coefficient (Wildman–Crippen LogP) is 3.97. The normalized spacial score (nSPS) is 12.6. The van der Waals surface area contributed by atoms with Crippen LogP contribution in [0.15, 0.2) is 48.2 Å². The molecule has 2 heterocycles. The minimum Gasteiger partial charge on any atom is -0.310 e. The van der Waals surface area contributed by atoms with E-state index in [0.717, 1.165) is 24.9 Å². The lowest BCUT2D eigenvalue weighted by Crippen LogP contribution is -2.23. The molecule has 0 aliphatic carbocycles. The van der Waals surface area contributed by atoms with E-state index in [1.54, 1.807) is 11.3 Å². The summed E-state index contributed by atoms with van der Waals surface area (Å²) in [6.07, 6.45) is 5.92. The average Bonchev–Trinajstić information content (AvgIpc) is 3.04. The molecule has 0 aliphatic rings. The fourth-order valence-corrected chi connectivity index (χ4v) is 3.12. The summed E-state index contributed by atoms with van der Waals surface area (Å²) in [4.78, 5) is 9.89. The highest BCUT2D eigenvalue weighted by molar-refractivity contribution is 7.09. The van der Waals surface area contributed by atoms with Crippen molar-refractivity contribution in [1.29, 1.82) is 0 Å². The van der Waals surface area contributed by atoms with Crippen LogP contribution in [-0.4, -0.2) is 16.5 Å². The van der Waals surface area contributed by atoms with Crippen molar-refractivity contribution >= 4 is 22.2 Å². The van der Waals surface area contributed by atoms with E-state index < -0.39 is 0 Å². The third-order valence-electron chi connectivity index (χ3n) is 3.56. The van der Waals surface area contributed by atoms with Crippen LogP contribution in [0.2, 0.25) is 0 Å². The number of nitrogens with one attached hydrogen (secondary N) is 1. The number of thiazole rings is 1. The molecule has 0 fully saturated rings. The molecule has 0 amide bonds. The number of benzene rings is 1. The van der Waals surface area contributed by atoms with Gasteiger partial charge < -0.3 is 5.32 Å². The molecule has 0 saturated heterocycles. The minimum absolute atomic E-state index is 0.329. The molecule has 108 valence electrons. The second kappa shape index (κ2) is 6.78. The fraction of sp³-hybridized carbons (Fsp3) is 0.294. The van der Waals surface area contributed by atoms with Gasteiger partial charge in [0.25, 0.3) is 0 Å². The Morgan fingerprint density at radius 3 is 3.05 bits per heavy atom. The van der Waals surface area contributed by atoms with E-state index in [1.165, 1.54) is 15.8 Å². The fourth-order valence-electron chi connectivity index (χ4n) is 2.48. The van der Waals surface area contributed by atoms with Gasteiger partial charge in [0.15, 0.2) is 0 Å². The lowest BCUT2D eigenvalue weighted by Gasteiger charge is -2.18. The van der Waals surface area contributed by atoms with Crippen molar-refractivity contribution in [2.24, 2.45) is 0 Å². The van der Waals surface area contributed by atoms with Crippen LogP contribution in [0.5, 0.6) is 0 Å². The largest absolute Gasteiger partial charge is 0.310 e. The summed E-state index contributed by atoms with van der Waals surface area (Å²) >= 11 is 1.72. The van der Waals surface area contributed by atoms with E-state index in [-0.39, 0.29) is 0 Å². The van der Waals surface area contributed by atoms with E-state index in [4.69, 9.17) is 0 Å². The first-order chi connectivity index (χ1) is 10.4. The van der Waals surface area contributed by atoms with Crippen LogP contribution in [0.1, 0.15) is 29.8 Å². The summed E-state index contributed by atoms with van der Waals surface area (Å²) in [6, 6.07) is 11.0. The van der Waals surface area contributed by atoms with Crippen molar-refractivity contribution in [3.63, 3.8) is 0 Å². The molecule has 1 atom stereocenters. The maximum absolute atomic E-state index is 4.39. The average molecular weight is 297 g/mol. The van der Waals surface area contributed by atoms with E-state index in [1.807, 2.05) is 24.0 Å². The van der Waals surface area contributed by atoms with E-state index in [2.05, 4.69) is 46.5 Å². The summed E-state index contributed by atoms with van der Waals surface area (Å²) in [5.74, 6) is 0. The SMILES string of the molecule is CCCNC(Cc1cncs1)c1ccc2ncccc2c1. The number of rotatable bonds is 6. The summed E-state index contributed by atoms with van der Waals surface area (Å²) in [7, 11) is 0. The standard InChI is InChI=1S/C17H19N3S/c1-2-7-19-17(10-15-11-18-12-21-15)14-5-6-16-13(9-14)4-3-8-20-16/h3-6,8-9,11-12,17,19H,2,7,10H2,1H3.